The molecule has 0 atom stereocenters. The average molecular weight is 242 g/mol. The molecule has 1 aromatic rings. The van der Waals surface area contributed by atoms with Crippen molar-refractivity contribution in [3.05, 3.63) is 33.8 Å². The fourth-order valence-electron chi connectivity index (χ4n) is 1.46. The minimum Gasteiger partial charge on any atom is -0.311 e. The van der Waals surface area contributed by atoms with Gasteiger partial charge in [-0.15, -0.1) is 0 Å². The molecule has 13 heavy (non-hydrogen) atoms. The van der Waals surface area contributed by atoms with Crippen LogP contribution in [0.15, 0.2) is 22.7 Å². The van der Waals surface area contributed by atoms with Gasteiger partial charge in [-0.25, -0.2) is 0 Å². The van der Waals surface area contributed by atoms with E-state index in [2.05, 4.69) is 60.2 Å². The second kappa shape index (κ2) is 3.81. The minimum atomic E-state index is 0.0464. The average Bonchev–Trinajstić information content (AvgIpc) is 2.03. The lowest BCUT2D eigenvalue weighted by Gasteiger charge is -2.26. The zero-order valence-electron chi connectivity index (χ0n) is 8.61. The van der Waals surface area contributed by atoms with Crippen LogP contribution in [0.3, 0.4) is 0 Å². The molecule has 0 fully saturated rings. The van der Waals surface area contributed by atoms with Crippen LogP contribution in [0.5, 0.6) is 0 Å². The Morgan fingerprint density at radius 3 is 2.38 bits per heavy atom. The molecule has 0 amide bonds. The SMILES string of the molecule is CNC(C)(C)c1ccc(Br)cc1C. The van der Waals surface area contributed by atoms with Crippen molar-refractivity contribution in [1.29, 1.82) is 0 Å². The Morgan fingerprint density at radius 1 is 1.31 bits per heavy atom. The first-order chi connectivity index (χ1) is 5.97. The molecule has 0 aliphatic heterocycles. The fourth-order valence-corrected chi connectivity index (χ4v) is 1.94. The largest absolute Gasteiger partial charge is 0.311 e. The van der Waals surface area contributed by atoms with E-state index in [0.29, 0.717) is 0 Å². The lowest BCUT2D eigenvalue weighted by molar-refractivity contribution is 0.442. The van der Waals surface area contributed by atoms with Crippen LogP contribution < -0.4 is 5.32 Å². The Morgan fingerprint density at radius 2 is 1.92 bits per heavy atom. The zero-order valence-corrected chi connectivity index (χ0v) is 10.2. The van der Waals surface area contributed by atoms with E-state index in [1.54, 1.807) is 0 Å². The van der Waals surface area contributed by atoms with Crippen molar-refractivity contribution < 1.29 is 0 Å². The number of nitrogens with one attached hydrogen (secondary N) is 1. The van der Waals surface area contributed by atoms with Crippen LogP contribution in [0.1, 0.15) is 25.0 Å². The summed E-state index contributed by atoms with van der Waals surface area (Å²) in [4.78, 5) is 0. The molecule has 1 rings (SSSR count). The predicted octanol–water partition coefficient (Wildman–Crippen LogP) is 3.21. The summed E-state index contributed by atoms with van der Waals surface area (Å²) >= 11 is 3.46. The predicted molar refractivity (Wildman–Crippen MR) is 61.0 cm³/mol. The van der Waals surface area contributed by atoms with Gasteiger partial charge in [-0.05, 0) is 51.1 Å². The van der Waals surface area contributed by atoms with Gasteiger partial charge in [-0.1, -0.05) is 22.0 Å². The van der Waals surface area contributed by atoms with Crippen LogP contribution in [-0.4, -0.2) is 7.05 Å². The molecule has 1 N–H and O–H groups in total. The van der Waals surface area contributed by atoms with Gasteiger partial charge in [0.25, 0.3) is 0 Å². The summed E-state index contributed by atoms with van der Waals surface area (Å²) in [5.41, 5.74) is 2.71. The van der Waals surface area contributed by atoms with Crippen LogP contribution in [0, 0.1) is 6.92 Å². The van der Waals surface area contributed by atoms with Crippen molar-refractivity contribution in [1.82, 2.24) is 5.32 Å². The molecule has 0 saturated heterocycles. The molecular formula is C11H16BrN. The summed E-state index contributed by atoms with van der Waals surface area (Å²) in [6.07, 6.45) is 0. The first kappa shape index (κ1) is 10.7. The number of hydrogen-bond acceptors (Lipinski definition) is 1. The normalized spacial score (nSPS) is 11.8. The highest BCUT2D eigenvalue weighted by Crippen LogP contribution is 2.25. The first-order valence-electron chi connectivity index (χ1n) is 4.43. The van der Waals surface area contributed by atoms with Gasteiger partial charge in [-0.3, -0.25) is 0 Å². The molecular weight excluding hydrogens is 226 g/mol. The molecule has 72 valence electrons. The summed E-state index contributed by atoms with van der Waals surface area (Å²) in [5.74, 6) is 0. The Labute approximate surface area is 88.7 Å². The molecule has 0 radical (unpaired) electrons. The van der Waals surface area contributed by atoms with E-state index in [1.807, 2.05) is 7.05 Å². The summed E-state index contributed by atoms with van der Waals surface area (Å²) in [5, 5.41) is 3.30. The molecule has 0 unspecified atom stereocenters. The van der Waals surface area contributed by atoms with E-state index in [9.17, 15) is 0 Å². The Balaban J connectivity index is 3.16. The molecule has 0 heterocycles. The van der Waals surface area contributed by atoms with E-state index in [4.69, 9.17) is 0 Å². The van der Waals surface area contributed by atoms with Crippen LogP contribution in [0.2, 0.25) is 0 Å². The zero-order chi connectivity index (χ0) is 10.1. The van der Waals surface area contributed by atoms with Gasteiger partial charge in [0.2, 0.25) is 0 Å². The van der Waals surface area contributed by atoms with Gasteiger partial charge < -0.3 is 5.32 Å². The minimum absolute atomic E-state index is 0.0464. The third kappa shape index (κ3) is 2.32. The summed E-state index contributed by atoms with van der Waals surface area (Å²) in [6.45, 7) is 6.51. The number of aryl methyl sites for hydroxylation is 1. The topological polar surface area (TPSA) is 12.0 Å². The van der Waals surface area contributed by atoms with E-state index in [0.717, 1.165) is 4.47 Å². The quantitative estimate of drug-likeness (QED) is 0.839. The lowest BCUT2D eigenvalue weighted by Crippen LogP contribution is -2.33. The summed E-state index contributed by atoms with van der Waals surface area (Å²) in [6, 6.07) is 6.39. The molecule has 1 nitrogen and oxygen atoms in total. The van der Waals surface area contributed by atoms with Crippen molar-refractivity contribution in [2.45, 2.75) is 26.3 Å². The molecule has 2 heteroatoms. The maximum absolute atomic E-state index is 3.46. The third-order valence-corrected chi connectivity index (χ3v) is 2.98. The highest BCUT2D eigenvalue weighted by molar-refractivity contribution is 9.10. The van der Waals surface area contributed by atoms with E-state index < -0.39 is 0 Å². The standard InChI is InChI=1S/C11H16BrN/c1-8-7-9(12)5-6-10(8)11(2,3)13-4/h5-7,13H,1-4H3. The molecule has 0 saturated carbocycles. The summed E-state index contributed by atoms with van der Waals surface area (Å²) in [7, 11) is 1.99. The fraction of sp³-hybridized carbons (Fsp3) is 0.455. The van der Waals surface area contributed by atoms with Gasteiger partial charge in [0.05, 0.1) is 0 Å². The third-order valence-electron chi connectivity index (χ3n) is 2.49. The highest BCUT2D eigenvalue weighted by Gasteiger charge is 2.19. The molecule has 0 aromatic heterocycles. The Bertz CT molecular complexity index is 305. The van der Waals surface area contributed by atoms with Crippen LogP contribution in [0.25, 0.3) is 0 Å². The maximum atomic E-state index is 3.46. The maximum Gasteiger partial charge on any atom is 0.0377 e. The van der Waals surface area contributed by atoms with E-state index >= 15 is 0 Å². The molecule has 1 aromatic carbocycles. The van der Waals surface area contributed by atoms with Gasteiger partial charge in [0.1, 0.15) is 0 Å². The van der Waals surface area contributed by atoms with Gasteiger partial charge >= 0.3 is 0 Å². The summed E-state index contributed by atoms with van der Waals surface area (Å²) < 4.78 is 1.14. The number of rotatable bonds is 2. The molecule has 0 spiro atoms. The van der Waals surface area contributed by atoms with E-state index in [1.165, 1.54) is 11.1 Å². The van der Waals surface area contributed by atoms with Crippen LogP contribution in [-0.2, 0) is 5.54 Å². The van der Waals surface area contributed by atoms with Crippen molar-refractivity contribution >= 4 is 15.9 Å². The van der Waals surface area contributed by atoms with Crippen molar-refractivity contribution in [3.63, 3.8) is 0 Å². The molecule has 0 bridgehead atoms. The lowest BCUT2D eigenvalue weighted by atomic mass is 9.91. The van der Waals surface area contributed by atoms with Crippen molar-refractivity contribution in [2.24, 2.45) is 0 Å². The monoisotopic (exact) mass is 241 g/mol. The molecule has 0 aliphatic rings. The van der Waals surface area contributed by atoms with E-state index in [-0.39, 0.29) is 5.54 Å². The number of benzene rings is 1. The molecule has 0 aliphatic carbocycles. The first-order valence-corrected chi connectivity index (χ1v) is 5.22. The second-order valence-corrected chi connectivity index (χ2v) is 4.75. The van der Waals surface area contributed by atoms with Gasteiger partial charge in [0.15, 0.2) is 0 Å². The second-order valence-electron chi connectivity index (χ2n) is 3.83. The number of hydrogen-bond donors (Lipinski definition) is 1. The Kier molecular flexibility index (Phi) is 3.14. The van der Waals surface area contributed by atoms with Gasteiger partial charge in [-0.2, -0.15) is 0 Å². The van der Waals surface area contributed by atoms with Crippen molar-refractivity contribution in [2.75, 3.05) is 7.05 Å². The number of halogens is 1. The smallest absolute Gasteiger partial charge is 0.0377 e. The Hall–Kier alpha value is -0.340. The highest BCUT2D eigenvalue weighted by atomic mass is 79.9. The van der Waals surface area contributed by atoms with Crippen molar-refractivity contribution in [3.8, 4) is 0 Å². The van der Waals surface area contributed by atoms with Gasteiger partial charge in [0, 0.05) is 10.0 Å². The van der Waals surface area contributed by atoms with Crippen LogP contribution in [0.4, 0.5) is 0 Å². The van der Waals surface area contributed by atoms with Crippen LogP contribution >= 0.6 is 15.9 Å².